The van der Waals surface area contributed by atoms with Crippen LogP contribution in [0.5, 0.6) is 5.88 Å². The van der Waals surface area contributed by atoms with Crippen molar-refractivity contribution < 1.29 is 5.11 Å². The van der Waals surface area contributed by atoms with Crippen molar-refractivity contribution in [3.05, 3.63) is 57.8 Å². The zero-order valence-electron chi connectivity index (χ0n) is 16.9. The van der Waals surface area contributed by atoms with Crippen molar-refractivity contribution in [2.45, 2.75) is 53.9 Å². The standard InChI is InChI=1S/C19H24N4O4SSi/c1-5-20-14(24)12(15(25)21(6-2)18(20)28)10-9-11-13-16(26)22(7-3)19(29)23(8-4)17(13)27/h9-11,24H,5-8H2,1-4H3. The number of nitrogens with zero attached hydrogens (tertiary/aromatic N) is 4. The molecule has 2 aromatic rings. The number of allylic oxidation sites excluding steroid dienone is 1. The number of hydrogen-bond acceptors (Lipinski definition) is 5. The molecule has 154 valence electrons. The summed E-state index contributed by atoms with van der Waals surface area (Å²) in [6.07, 6.45) is 4.17. The van der Waals surface area contributed by atoms with E-state index < -0.39 is 16.7 Å². The molecule has 2 rings (SSSR count). The van der Waals surface area contributed by atoms with Crippen LogP contribution in [0.4, 0.5) is 0 Å². The number of hydrogen-bond donors (Lipinski definition) is 1. The van der Waals surface area contributed by atoms with E-state index in [0.717, 1.165) is 0 Å². The van der Waals surface area contributed by atoms with E-state index in [1.165, 1.54) is 36.5 Å². The van der Waals surface area contributed by atoms with Crippen molar-refractivity contribution in [2.24, 2.45) is 0 Å². The lowest BCUT2D eigenvalue weighted by Gasteiger charge is -2.13. The molecular formula is C19H24N4O4SSi. The average Bonchev–Trinajstić information content (AvgIpc) is 2.68. The Balaban J connectivity index is 2.79. The Morgan fingerprint density at radius 3 is 1.79 bits per heavy atom. The van der Waals surface area contributed by atoms with E-state index in [4.69, 9.17) is 12.2 Å². The molecule has 0 atom stereocenters. The Bertz CT molecular complexity index is 1270. The maximum absolute atomic E-state index is 12.7. The number of aromatic hydroxyl groups is 1. The minimum Gasteiger partial charge on any atom is -0.494 e. The third-order valence-corrected chi connectivity index (χ3v) is 5.67. The lowest BCUT2D eigenvalue weighted by atomic mass is 10.2. The van der Waals surface area contributed by atoms with Crippen LogP contribution in [0, 0.1) is 9.85 Å². The fourth-order valence-electron chi connectivity index (χ4n) is 3.11. The molecule has 0 aliphatic rings. The topological polar surface area (TPSA) is 91.2 Å². The molecule has 0 fully saturated rings. The molecule has 0 spiro atoms. The summed E-state index contributed by atoms with van der Waals surface area (Å²) in [5.74, 6) is -0.246. The second-order valence-corrected chi connectivity index (χ2v) is 6.99. The third kappa shape index (κ3) is 3.94. The minimum atomic E-state index is -0.434. The molecule has 0 aliphatic heterocycles. The molecule has 0 bridgehead atoms. The first-order chi connectivity index (χ1) is 13.7. The summed E-state index contributed by atoms with van der Waals surface area (Å²) in [4.78, 5) is 38.0. The van der Waals surface area contributed by atoms with Gasteiger partial charge in [0.15, 0.2) is 4.77 Å². The molecule has 2 heterocycles. The van der Waals surface area contributed by atoms with Crippen LogP contribution in [0.2, 0.25) is 0 Å². The van der Waals surface area contributed by atoms with E-state index >= 15 is 0 Å². The summed E-state index contributed by atoms with van der Waals surface area (Å²) in [6, 6.07) is 0. The molecule has 0 aliphatic carbocycles. The summed E-state index contributed by atoms with van der Waals surface area (Å²) in [5, 5.41) is 10.8. The lowest BCUT2D eigenvalue weighted by Crippen LogP contribution is -2.50. The number of aromatic nitrogens is 4. The van der Waals surface area contributed by atoms with Crippen molar-refractivity contribution in [1.29, 1.82) is 0 Å². The van der Waals surface area contributed by atoms with Gasteiger partial charge in [0.25, 0.3) is 16.7 Å². The zero-order valence-corrected chi connectivity index (χ0v) is 18.7. The van der Waals surface area contributed by atoms with Crippen molar-refractivity contribution in [3.8, 4) is 5.88 Å². The van der Waals surface area contributed by atoms with Gasteiger partial charge in [0.1, 0.15) is 10.8 Å². The Morgan fingerprint density at radius 2 is 1.34 bits per heavy atom. The highest BCUT2D eigenvalue weighted by atomic mass is 32.1. The van der Waals surface area contributed by atoms with E-state index in [9.17, 15) is 19.5 Å². The monoisotopic (exact) mass is 432 g/mol. The Kier molecular flexibility index (Phi) is 7.25. The molecule has 0 amide bonds. The maximum atomic E-state index is 12.7. The van der Waals surface area contributed by atoms with Gasteiger partial charge in [0.05, 0.1) is 14.9 Å². The lowest BCUT2D eigenvalue weighted by molar-refractivity contribution is 0.399. The van der Waals surface area contributed by atoms with Gasteiger partial charge in [-0.05, 0) is 52.1 Å². The normalized spacial score (nSPS) is 11.3. The zero-order chi connectivity index (χ0) is 21.9. The van der Waals surface area contributed by atoms with Crippen molar-refractivity contribution in [2.75, 3.05) is 0 Å². The second kappa shape index (κ2) is 9.27. The first-order valence-corrected chi connectivity index (χ1v) is 10.3. The maximum Gasteiger partial charge on any atom is 0.265 e. The summed E-state index contributed by atoms with van der Waals surface area (Å²) in [7, 11) is 3.36. The highest BCUT2D eigenvalue weighted by Crippen LogP contribution is 2.15. The van der Waals surface area contributed by atoms with Crippen molar-refractivity contribution >= 4 is 34.2 Å². The van der Waals surface area contributed by atoms with Gasteiger partial charge in [0, 0.05) is 26.2 Å². The molecule has 0 saturated heterocycles. The summed E-state index contributed by atoms with van der Waals surface area (Å²) >= 11 is 5.26. The average molecular weight is 433 g/mol. The fourth-order valence-corrected chi connectivity index (χ4v) is 4.06. The van der Waals surface area contributed by atoms with Gasteiger partial charge < -0.3 is 5.11 Å². The second-order valence-electron chi connectivity index (χ2n) is 6.18. The van der Waals surface area contributed by atoms with Crippen LogP contribution in [0.25, 0.3) is 12.2 Å². The highest BCUT2D eigenvalue weighted by molar-refractivity contribution is 7.71. The predicted molar refractivity (Wildman–Crippen MR) is 117 cm³/mol. The van der Waals surface area contributed by atoms with Gasteiger partial charge in [-0.25, -0.2) is 0 Å². The van der Waals surface area contributed by atoms with Crippen molar-refractivity contribution in [3.63, 3.8) is 0 Å². The Labute approximate surface area is 175 Å². The molecule has 29 heavy (non-hydrogen) atoms. The predicted octanol–water partition coefficient (Wildman–Crippen LogP) is 0.401. The molecule has 0 aromatic carbocycles. The molecule has 0 saturated carbocycles. The van der Waals surface area contributed by atoms with E-state index in [0.29, 0.717) is 31.3 Å². The van der Waals surface area contributed by atoms with Crippen LogP contribution in [0.15, 0.2) is 20.5 Å². The van der Waals surface area contributed by atoms with Crippen LogP contribution >= 0.6 is 12.2 Å². The summed E-state index contributed by atoms with van der Waals surface area (Å²) in [5.41, 5.74) is -1.26. The quantitative estimate of drug-likeness (QED) is 0.527. The molecule has 2 aromatic heterocycles. The van der Waals surface area contributed by atoms with Crippen LogP contribution in [0.3, 0.4) is 0 Å². The fraction of sp³-hybridized carbons (Fsp3) is 0.421. The molecular weight excluding hydrogens is 408 g/mol. The molecule has 0 unspecified atom stereocenters. The number of rotatable bonds is 6. The highest BCUT2D eigenvalue weighted by Gasteiger charge is 2.13. The minimum absolute atomic E-state index is 0.0227. The first-order valence-electron chi connectivity index (χ1n) is 9.42. The molecule has 8 nitrogen and oxygen atoms in total. The largest absolute Gasteiger partial charge is 0.494 e. The van der Waals surface area contributed by atoms with E-state index in [-0.39, 0.29) is 21.4 Å². The van der Waals surface area contributed by atoms with E-state index in [2.05, 4.69) is 9.85 Å². The van der Waals surface area contributed by atoms with Crippen LogP contribution < -0.4 is 21.9 Å². The van der Waals surface area contributed by atoms with Crippen LogP contribution in [-0.2, 0) is 26.2 Å². The van der Waals surface area contributed by atoms with Crippen molar-refractivity contribution in [1.82, 2.24) is 18.3 Å². The van der Waals surface area contributed by atoms with Gasteiger partial charge in [-0.2, -0.15) is 0 Å². The molecule has 10 heteroatoms. The van der Waals surface area contributed by atoms with Gasteiger partial charge in [-0.1, -0.05) is 6.08 Å². The van der Waals surface area contributed by atoms with Gasteiger partial charge >= 0.3 is 0 Å². The summed E-state index contributed by atoms with van der Waals surface area (Å²) in [6.45, 7) is 8.74. The van der Waals surface area contributed by atoms with E-state index in [1.807, 2.05) is 6.92 Å². The van der Waals surface area contributed by atoms with Gasteiger partial charge in [-0.3, -0.25) is 32.7 Å². The van der Waals surface area contributed by atoms with Gasteiger partial charge in [-0.15, -0.1) is 0 Å². The van der Waals surface area contributed by atoms with E-state index in [1.54, 1.807) is 20.8 Å². The first kappa shape index (κ1) is 22.7. The Hall–Kier alpha value is -2.59. The SMILES string of the molecule is CCn1c(O)c(C=CC=c2c(=O)n(CC)c(=[Si])n(CC)c2=O)c(=O)n(CC)c1=S. The molecule has 1 N–H and O–H groups in total. The Morgan fingerprint density at radius 1 is 0.862 bits per heavy atom. The van der Waals surface area contributed by atoms with Crippen LogP contribution in [0.1, 0.15) is 33.3 Å². The molecule has 2 radical (unpaired) electrons. The third-order valence-electron chi connectivity index (χ3n) is 4.69. The summed E-state index contributed by atoms with van der Waals surface area (Å²) < 4.78 is 5.96. The van der Waals surface area contributed by atoms with Crippen LogP contribution in [-0.4, -0.2) is 33.2 Å². The van der Waals surface area contributed by atoms with Gasteiger partial charge in [0.2, 0.25) is 5.88 Å². The smallest absolute Gasteiger partial charge is 0.265 e.